The van der Waals surface area contributed by atoms with E-state index in [1.54, 1.807) is 42.5 Å². The number of esters is 1. The van der Waals surface area contributed by atoms with E-state index in [1.165, 1.54) is 6.07 Å². The van der Waals surface area contributed by atoms with Gasteiger partial charge in [-0.3, -0.25) is 9.59 Å². The molecule has 3 N–H and O–H groups in total. The SMILES string of the molecule is O=C(COC(=O)c1ccc2ccccc2c1O)Nc1cccc(C(=O)NC2CC2)c1. The predicted molar refractivity (Wildman–Crippen MR) is 111 cm³/mol. The highest BCUT2D eigenvalue weighted by atomic mass is 16.5. The molecule has 152 valence electrons. The fraction of sp³-hybridized carbons (Fsp3) is 0.174. The van der Waals surface area contributed by atoms with Gasteiger partial charge in [-0.2, -0.15) is 0 Å². The van der Waals surface area contributed by atoms with Crippen molar-refractivity contribution >= 4 is 34.2 Å². The van der Waals surface area contributed by atoms with Gasteiger partial charge in [0.25, 0.3) is 11.8 Å². The minimum atomic E-state index is -0.800. The van der Waals surface area contributed by atoms with Gasteiger partial charge in [0.1, 0.15) is 11.3 Å². The molecule has 1 aliphatic rings. The molecule has 0 unspecified atom stereocenters. The fourth-order valence-electron chi connectivity index (χ4n) is 3.06. The number of aromatic hydroxyl groups is 1. The summed E-state index contributed by atoms with van der Waals surface area (Å²) in [5, 5.41) is 17.1. The molecule has 0 aromatic heterocycles. The standard InChI is InChI=1S/C23H20N2O5/c26-20(24-17-6-3-5-15(12-17)22(28)25-16-9-10-16)13-30-23(29)19-11-8-14-4-1-2-7-18(14)21(19)27/h1-8,11-12,16,27H,9-10,13H2,(H,24,26)(H,25,28). The number of fused-ring (bicyclic) bond motifs is 1. The number of hydrogen-bond acceptors (Lipinski definition) is 5. The van der Waals surface area contributed by atoms with Gasteiger partial charge in [-0.25, -0.2) is 4.79 Å². The quantitative estimate of drug-likeness (QED) is 0.547. The van der Waals surface area contributed by atoms with Gasteiger partial charge < -0.3 is 20.5 Å². The summed E-state index contributed by atoms with van der Waals surface area (Å²) in [6, 6.07) is 17.0. The highest BCUT2D eigenvalue weighted by Gasteiger charge is 2.24. The molecule has 0 atom stereocenters. The summed E-state index contributed by atoms with van der Waals surface area (Å²) < 4.78 is 5.04. The van der Waals surface area contributed by atoms with Crippen LogP contribution in [0.15, 0.2) is 60.7 Å². The Morgan fingerprint density at radius 3 is 2.60 bits per heavy atom. The summed E-state index contributed by atoms with van der Waals surface area (Å²) in [4.78, 5) is 36.6. The van der Waals surface area contributed by atoms with Crippen LogP contribution < -0.4 is 10.6 Å². The number of anilines is 1. The Morgan fingerprint density at radius 1 is 1.00 bits per heavy atom. The first-order chi connectivity index (χ1) is 14.5. The topological polar surface area (TPSA) is 105 Å². The molecular weight excluding hydrogens is 384 g/mol. The second kappa shape index (κ2) is 8.24. The van der Waals surface area contributed by atoms with Crippen molar-refractivity contribution in [3.05, 3.63) is 71.8 Å². The predicted octanol–water partition coefficient (Wildman–Crippen LogP) is 3.23. The number of carbonyl (C=O) groups excluding carboxylic acids is 3. The highest BCUT2D eigenvalue weighted by molar-refractivity contribution is 6.02. The van der Waals surface area contributed by atoms with Gasteiger partial charge in [0.05, 0.1) is 0 Å². The van der Waals surface area contributed by atoms with Crippen molar-refractivity contribution < 1.29 is 24.2 Å². The van der Waals surface area contributed by atoms with Crippen LogP contribution in [0.5, 0.6) is 5.75 Å². The molecule has 0 aliphatic heterocycles. The Kier molecular flexibility index (Phi) is 5.34. The van der Waals surface area contributed by atoms with E-state index >= 15 is 0 Å². The molecule has 0 spiro atoms. The molecule has 0 radical (unpaired) electrons. The van der Waals surface area contributed by atoms with E-state index in [9.17, 15) is 19.5 Å². The van der Waals surface area contributed by atoms with E-state index in [1.807, 2.05) is 12.1 Å². The molecule has 1 saturated carbocycles. The van der Waals surface area contributed by atoms with Crippen LogP contribution in [0.2, 0.25) is 0 Å². The third-order valence-electron chi connectivity index (χ3n) is 4.78. The largest absolute Gasteiger partial charge is 0.506 e. The molecule has 1 fully saturated rings. The van der Waals surface area contributed by atoms with Gasteiger partial charge in [-0.15, -0.1) is 0 Å². The monoisotopic (exact) mass is 404 g/mol. The van der Waals surface area contributed by atoms with Crippen molar-refractivity contribution in [2.45, 2.75) is 18.9 Å². The number of phenols is 1. The summed E-state index contributed by atoms with van der Waals surface area (Å²) in [6.07, 6.45) is 1.97. The molecule has 4 rings (SSSR count). The van der Waals surface area contributed by atoms with Crippen LogP contribution in [-0.4, -0.2) is 35.5 Å². The number of phenolic OH excluding ortho intramolecular Hbond substituents is 1. The lowest BCUT2D eigenvalue weighted by molar-refractivity contribution is -0.119. The third kappa shape index (κ3) is 4.41. The molecule has 7 heteroatoms. The second-order valence-electron chi connectivity index (χ2n) is 7.14. The lowest BCUT2D eigenvalue weighted by Gasteiger charge is -2.10. The maximum Gasteiger partial charge on any atom is 0.342 e. The van der Waals surface area contributed by atoms with Crippen LogP contribution in [-0.2, 0) is 9.53 Å². The Bertz CT molecular complexity index is 1140. The number of nitrogens with one attached hydrogen (secondary N) is 2. The molecule has 30 heavy (non-hydrogen) atoms. The van der Waals surface area contributed by atoms with Crippen molar-refractivity contribution in [1.29, 1.82) is 0 Å². The summed E-state index contributed by atoms with van der Waals surface area (Å²) >= 11 is 0. The summed E-state index contributed by atoms with van der Waals surface area (Å²) in [7, 11) is 0. The summed E-state index contributed by atoms with van der Waals surface area (Å²) in [5.41, 5.74) is 0.853. The molecule has 0 bridgehead atoms. The smallest absolute Gasteiger partial charge is 0.342 e. The van der Waals surface area contributed by atoms with Gasteiger partial charge in [0, 0.05) is 22.7 Å². The van der Waals surface area contributed by atoms with Crippen LogP contribution in [0.1, 0.15) is 33.6 Å². The Morgan fingerprint density at radius 2 is 1.80 bits per heavy atom. The normalized spacial score (nSPS) is 12.9. The zero-order chi connectivity index (χ0) is 21.1. The summed E-state index contributed by atoms with van der Waals surface area (Å²) in [6.45, 7) is -0.524. The van der Waals surface area contributed by atoms with Crippen LogP contribution in [0.25, 0.3) is 10.8 Å². The molecule has 3 aromatic carbocycles. The molecule has 7 nitrogen and oxygen atoms in total. The highest BCUT2D eigenvalue weighted by Crippen LogP contribution is 2.29. The minimum absolute atomic E-state index is 0.0137. The maximum atomic E-state index is 12.3. The van der Waals surface area contributed by atoms with Gasteiger partial charge >= 0.3 is 5.97 Å². The average molecular weight is 404 g/mol. The third-order valence-corrected chi connectivity index (χ3v) is 4.78. The van der Waals surface area contributed by atoms with E-state index in [0.717, 1.165) is 18.2 Å². The fourth-order valence-corrected chi connectivity index (χ4v) is 3.06. The second-order valence-corrected chi connectivity index (χ2v) is 7.14. The number of benzene rings is 3. The number of hydrogen-bond donors (Lipinski definition) is 3. The lowest BCUT2D eigenvalue weighted by atomic mass is 10.1. The molecule has 2 amide bonds. The van der Waals surface area contributed by atoms with Crippen molar-refractivity contribution in [1.82, 2.24) is 5.32 Å². The Balaban J connectivity index is 1.36. The Labute approximate surface area is 172 Å². The first kappa shape index (κ1) is 19.4. The van der Waals surface area contributed by atoms with Crippen molar-refractivity contribution in [2.75, 3.05) is 11.9 Å². The van der Waals surface area contributed by atoms with Crippen LogP contribution >= 0.6 is 0 Å². The first-order valence-electron chi connectivity index (χ1n) is 9.60. The molecule has 3 aromatic rings. The van der Waals surface area contributed by atoms with Gasteiger partial charge in [0.15, 0.2) is 6.61 Å². The zero-order valence-corrected chi connectivity index (χ0v) is 16.1. The Hall–Kier alpha value is -3.87. The van der Waals surface area contributed by atoms with Crippen molar-refractivity contribution in [3.63, 3.8) is 0 Å². The zero-order valence-electron chi connectivity index (χ0n) is 16.1. The van der Waals surface area contributed by atoms with Crippen LogP contribution in [0.3, 0.4) is 0 Å². The molecule has 0 saturated heterocycles. The van der Waals surface area contributed by atoms with Gasteiger partial charge in [0.2, 0.25) is 0 Å². The maximum absolute atomic E-state index is 12.3. The van der Waals surface area contributed by atoms with Gasteiger partial charge in [-0.05, 0) is 42.5 Å². The van der Waals surface area contributed by atoms with E-state index in [-0.39, 0.29) is 23.3 Å². The number of amides is 2. The lowest BCUT2D eigenvalue weighted by Crippen LogP contribution is -2.25. The van der Waals surface area contributed by atoms with E-state index in [0.29, 0.717) is 16.6 Å². The number of ether oxygens (including phenoxy) is 1. The first-order valence-corrected chi connectivity index (χ1v) is 9.60. The van der Waals surface area contributed by atoms with E-state index in [2.05, 4.69) is 10.6 Å². The van der Waals surface area contributed by atoms with Crippen molar-refractivity contribution in [3.8, 4) is 5.75 Å². The number of carbonyl (C=O) groups is 3. The van der Waals surface area contributed by atoms with Crippen molar-refractivity contribution in [2.24, 2.45) is 0 Å². The molecule has 1 aliphatic carbocycles. The van der Waals surface area contributed by atoms with E-state index < -0.39 is 18.5 Å². The number of rotatable bonds is 6. The minimum Gasteiger partial charge on any atom is -0.506 e. The van der Waals surface area contributed by atoms with Crippen LogP contribution in [0, 0.1) is 0 Å². The molecule has 0 heterocycles. The average Bonchev–Trinajstić information content (AvgIpc) is 3.57. The van der Waals surface area contributed by atoms with Crippen LogP contribution in [0.4, 0.5) is 5.69 Å². The molecular formula is C23H20N2O5. The van der Waals surface area contributed by atoms with E-state index in [4.69, 9.17) is 4.74 Å². The summed E-state index contributed by atoms with van der Waals surface area (Å²) in [5.74, 6) is -1.73. The van der Waals surface area contributed by atoms with Gasteiger partial charge in [-0.1, -0.05) is 36.4 Å².